The average molecular weight is 417 g/mol. The maximum atomic E-state index is 12.5. The van der Waals surface area contributed by atoms with Crippen molar-refractivity contribution in [3.05, 3.63) is 70.1 Å². The van der Waals surface area contributed by atoms with Gasteiger partial charge in [0.2, 0.25) is 0 Å². The molecule has 0 aliphatic heterocycles. The summed E-state index contributed by atoms with van der Waals surface area (Å²) in [4.78, 5) is 23.0. The largest absolute Gasteiger partial charge is 0.493 e. The van der Waals surface area contributed by atoms with Gasteiger partial charge in [0.25, 0.3) is 5.69 Å². The lowest BCUT2D eigenvalue weighted by atomic mass is 10.2. The number of para-hydroxylation sites is 1. The summed E-state index contributed by atoms with van der Waals surface area (Å²) in [6.07, 6.45) is 3.25. The zero-order valence-corrected chi connectivity index (χ0v) is 16.2. The predicted molar refractivity (Wildman–Crippen MR) is 112 cm³/mol. The van der Waals surface area contributed by atoms with Crippen molar-refractivity contribution in [3.8, 4) is 11.8 Å². The zero-order valence-electron chi connectivity index (χ0n) is 16.2. The van der Waals surface area contributed by atoms with E-state index in [0.29, 0.717) is 5.39 Å². The molecule has 0 bridgehead atoms. The highest BCUT2D eigenvalue weighted by Crippen LogP contribution is 2.33. The predicted octanol–water partition coefficient (Wildman–Crippen LogP) is 3.59. The Morgan fingerprint density at radius 2 is 2.19 bits per heavy atom. The first kappa shape index (κ1) is 19.7. The Hall–Kier alpha value is -4.65. The van der Waals surface area contributed by atoms with Gasteiger partial charge in [-0.1, -0.05) is 18.2 Å². The van der Waals surface area contributed by atoms with Crippen LogP contribution in [0.15, 0.2) is 58.2 Å². The summed E-state index contributed by atoms with van der Waals surface area (Å²) in [5.41, 5.74) is 4.03. The number of carbonyl (C=O) groups is 1. The number of nitro groups is 1. The van der Waals surface area contributed by atoms with Gasteiger partial charge >= 0.3 is 5.91 Å². The average Bonchev–Trinajstić information content (AvgIpc) is 3.35. The third-order valence-electron chi connectivity index (χ3n) is 4.65. The van der Waals surface area contributed by atoms with E-state index < -0.39 is 10.8 Å². The van der Waals surface area contributed by atoms with Crippen LogP contribution in [-0.4, -0.2) is 28.7 Å². The second-order valence-corrected chi connectivity index (χ2v) is 6.52. The number of rotatable bonds is 6. The van der Waals surface area contributed by atoms with Crippen LogP contribution in [0.3, 0.4) is 0 Å². The van der Waals surface area contributed by atoms with Crippen LogP contribution in [0.5, 0.6) is 5.75 Å². The highest BCUT2D eigenvalue weighted by molar-refractivity contribution is 6.01. The van der Waals surface area contributed by atoms with Crippen molar-refractivity contribution in [3.63, 3.8) is 0 Å². The standard InChI is InChI=1S/C21H15N5O5/c1-30-18-10-15(26(28)29)8-13-9-19(31-20(13)18)21(27)24-23-11-14-12-25(7-6-22)17-5-3-2-4-16(14)17/h2-5,8-12H,7H2,1H3,(H,24,27)/b23-11-. The topological polar surface area (TPSA) is 136 Å². The third kappa shape index (κ3) is 3.67. The van der Waals surface area contributed by atoms with Gasteiger partial charge in [-0.25, -0.2) is 5.43 Å². The summed E-state index contributed by atoms with van der Waals surface area (Å²) >= 11 is 0. The molecule has 2 heterocycles. The number of methoxy groups -OCH3 is 1. The van der Waals surface area contributed by atoms with Gasteiger partial charge in [-0.3, -0.25) is 14.9 Å². The number of nitrogens with one attached hydrogen (secondary N) is 1. The van der Waals surface area contributed by atoms with Gasteiger partial charge in [-0.2, -0.15) is 10.4 Å². The quantitative estimate of drug-likeness (QED) is 0.289. The smallest absolute Gasteiger partial charge is 0.307 e. The zero-order chi connectivity index (χ0) is 22.0. The molecule has 1 amide bonds. The monoisotopic (exact) mass is 417 g/mol. The molecule has 10 nitrogen and oxygen atoms in total. The summed E-state index contributed by atoms with van der Waals surface area (Å²) < 4.78 is 12.4. The summed E-state index contributed by atoms with van der Waals surface area (Å²) in [6, 6.07) is 13.5. The first-order chi connectivity index (χ1) is 15.0. The number of nitrogens with zero attached hydrogens (tertiary/aromatic N) is 4. The van der Waals surface area contributed by atoms with Crippen LogP contribution in [0.4, 0.5) is 5.69 Å². The summed E-state index contributed by atoms with van der Waals surface area (Å²) in [7, 11) is 1.35. The molecular formula is C21H15N5O5. The normalized spacial score (nSPS) is 11.1. The number of furan rings is 1. The lowest BCUT2D eigenvalue weighted by Crippen LogP contribution is -2.16. The van der Waals surface area contributed by atoms with Crippen LogP contribution >= 0.6 is 0 Å². The minimum absolute atomic E-state index is 0.0714. The Kier molecular flexibility index (Phi) is 5.07. The molecule has 10 heteroatoms. The summed E-state index contributed by atoms with van der Waals surface area (Å²) in [5, 5.41) is 25.3. The Morgan fingerprint density at radius 3 is 2.94 bits per heavy atom. The fourth-order valence-electron chi connectivity index (χ4n) is 3.28. The number of amides is 1. The molecule has 0 radical (unpaired) electrons. The van der Waals surface area contributed by atoms with Crippen molar-refractivity contribution in [1.82, 2.24) is 9.99 Å². The molecule has 0 atom stereocenters. The molecule has 0 aliphatic carbocycles. The van der Waals surface area contributed by atoms with E-state index in [1.54, 1.807) is 10.8 Å². The molecule has 2 aromatic heterocycles. The molecular weight excluding hydrogens is 402 g/mol. The van der Waals surface area contributed by atoms with Crippen molar-refractivity contribution in [2.45, 2.75) is 6.54 Å². The van der Waals surface area contributed by atoms with Gasteiger partial charge in [-0.05, 0) is 12.1 Å². The van der Waals surface area contributed by atoms with Crippen LogP contribution < -0.4 is 10.2 Å². The fourth-order valence-corrected chi connectivity index (χ4v) is 3.28. The maximum absolute atomic E-state index is 12.5. The summed E-state index contributed by atoms with van der Waals surface area (Å²) in [6.45, 7) is 0.188. The second-order valence-electron chi connectivity index (χ2n) is 6.52. The van der Waals surface area contributed by atoms with E-state index in [1.165, 1.54) is 31.5 Å². The highest BCUT2D eigenvalue weighted by atomic mass is 16.6. The lowest BCUT2D eigenvalue weighted by Gasteiger charge is -2.00. The van der Waals surface area contributed by atoms with Gasteiger partial charge in [-0.15, -0.1) is 0 Å². The highest BCUT2D eigenvalue weighted by Gasteiger charge is 2.19. The van der Waals surface area contributed by atoms with Crippen LogP contribution in [0.2, 0.25) is 0 Å². The van der Waals surface area contributed by atoms with Crippen molar-refractivity contribution < 1.29 is 18.9 Å². The molecule has 1 N–H and O–H groups in total. The van der Waals surface area contributed by atoms with Gasteiger partial charge in [0.05, 0.1) is 30.4 Å². The first-order valence-electron chi connectivity index (χ1n) is 9.06. The van der Waals surface area contributed by atoms with Gasteiger partial charge in [0.1, 0.15) is 6.54 Å². The van der Waals surface area contributed by atoms with Crippen molar-refractivity contribution in [2.24, 2.45) is 5.10 Å². The van der Waals surface area contributed by atoms with E-state index in [2.05, 4.69) is 16.6 Å². The van der Waals surface area contributed by atoms with E-state index in [-0.39, 0.29) is 29.3 Å². The number of carbonyl (C=O) groups excluding carboxylic acids is 1. The number of non-ortho nitro benzene ring substituents is 1. The van der Waals surface area contributed by atoms with Gasteiger partial charge in [0, 0.05) is 34.1 Å². The number of nitro benzene ring substituents is 1. The van der Waals surface area contributed by atoms with E-state index in [4.69, 9.17) is 14.4 Å². The molecule has 4 aromatic rings. The molecule has 0 fully saturated rings. The van der Waals surface area contributed by atoms with Crippen molar-refractivity contribution >= 4 is 39.7 Å². The van der Waals surface area contributed by atoms with E-state index in [9.17, 15) is 14.9 Å². The van der Waals surface area contributed by atoms with Crippen molar-refractivity contribution in [1.29, 1.82) is 5.26 Å². The molecule has 0 spiro atoms. The molecule has 4 rings (SSSR count). The van der Waals surface area contributed by atoms with Crippen LogP contribution in [0.25, 0.3) is 21.9 Å². The molecule has 2 aromatic carbocycles. The minimum Gasteiger partial charge on any atom is -0.493 e. The molecule has 0 saturated heterocycles. The number of nitriles is 1. The van der Waals surface area contributed by atoms with E-state index >= 15 is 0 Å². The number of ether oxygens (including phenoxy) is 1. The SMILES string of the molecule is COc1cc([N+](=O)[O-])cc2cc(C(=O)N/N=C\c3cn(CC#N)c4ccccc34)oc12. The van der Waals surface area contributed by atoms with Crippen LogP contribution in [0, 0.1) is 21.4 Å². The minimum atomic E-state index is -0.627. The lowest BCUT2D eigenvalue weighted by molar-refractivity contribution is -0.384. The van der Waals surface area contributed by atoms with E-state index in [0.717, 1.165) is 16.5 Å². The number of hydrogen-bond acceptors (Lipinski definition) is 7. The number of aromatic nitrogens is 1. The Balaban J connectivity index is 1.59. The Morgan fingerprint density at radius 1 is 1.39 bits per heavy atom. The van der Waals surface area contributed by atoms with Gasteiger partial charge in [0.15, 0.2) is 17.1 Å². The number of fused-ring (bicyclic) bond motifs is 2. The van der Waals surface area contributed by atoms with Crippen molar-refractivity contribution in [2.75, 3.05) is 7.11 Å². The molecule has 0 aliphatic rings. The summed E-state index contributed by atoms with van der Waals surface area (Å²) in [5.74, 6) is -0.548. The Labute approximate surface area is 175 Å². The van der Waals surface area contributed by atoms with Crippen LogP contribution in [-0.2, 0) is 6.54 Å². The maximum Gasteiger partial charge on any atom is 0.307 e. The van der Waals surface area contributed by atoms with Gasteiger partial charge < -0.3 is 13.7 Å². The molecule has 0 unspecified atom stereocenters. The number of hydrazone groups is 1. The second kappa shape index (κ2) is 8.00. The third-order valence-corrected chi connectivity index (χ3v) is 4.65. The van der Waals surface area contributed by atoms with Crippen LogP contribution in [0.1, 0.15) is 16.1 Å². The molecule has 0 saturated carbocycles. The number of hydrogen-bond donors (Lipinski definition) is 1. The van der Waals surface area contributed by atoms with E-state index in [1.807, 2.05) is 24.3 Å². The number of benzene rings is 2. The molecule has 154 valence electrons. The molecule has 31 heavy (non-hydrogen) atoms. The first-order valence-corrected chi connectivity index (χ1v) is 9.06. The fraction of sp³-hybridized carbons (Fsp3) is 0.0952. The Bertz CT molecular complexity index is 1390.